The van der Waals surface area contributed by atoms with Crippen LogP contribution in [0.5, 0.6) is 0 Å². The molecular formula is C10H10N6. The lowest BCUT2D eigenvalue weighted by Crippen LogP contribution is -1.97. The fourth-order valence-electron chi connectivity index (χ4n) is 1.70. The van der Waals surface area contributed by atoms with Crippen molar-refractivity contribution in [3.05, 3.63) is 36.5 Å². The van der Waals surface area contributed by atoms with E-state index < -0.39 is 0 Å². The van der Waals surface area contributed by atoms with Gasteiger partial charge < -0.3 is 10.3 Å². The predicted molar refractivity (Wildman–Crippen MR) is 59.3 cm³/mol. The van der Waals surface area contributed by atoms with Crippen molar-refractivity contribution in [2.45, 2.75) is 6.92 Å². The molecule has 6 heteroatoms. The highest BCUT2D eigenvalue weighted by Crippen LogP contribution is 2.14. The van der Waals surface area contributed by atoms with Crippen molar-refractivity contribution >= 4 is 11.6 Å². The molecule has 0 aliphatic heterocycles. The van der Waals surface area contributed by atoms with Crippen LogP contribution in [0.3, 0.4) is 0 Å². The van der Waals surface area contributed by atoms with Crippen molar-refractivity contribution in [2.24, 2.45) is 0 Å². The molecule has 0 unspecified atom stereocenters. The molecule has 6 nitrogen and oxygen atoms in total. The number of hydrogen-bond acceptors (Lipinski definition) is 4. The highest BCUT2D eigenvalue weighted by molar-refractivity contribution is 5.53. The van der Waals surface area contributed by atoms with E-state index in [9.17, 15) is 0 Å². The minimum absolute atomic E-state index is 0.283. The predicted octanol–water partition coefficient (Wildman–Crippen LogP) is 0.806. The van der Waals surface area contributed by atoms with Gasteiger partial charge in [-0.05, 0) is 18.6 Å². The fraction of sp³-hybridized carbons (Fsp3) is 0.100. The number of anilines is 1. The largest absolute Gasteiger partial charge is 0.366 e. The van der Waals surface area contributed by atoms with Gasteiger partial charge in [-0.3, -0.25) is 0 Å². The third-order valence-electron chi connectivity index (χ3n) is 2.42. The van der Waals surface area contributed by atoms with E-state index in [4.69, 9.17) is 5.73 Å². The molecule has 0 aliphatic rings. The van der Waals surface area contributed by atoms with Crippen LogP contribution in [0.4, 0.5) is 5.95 Å². The SMILES string of the molecule is Cc1cc(-n2ccnc2)cn2nc(N)nc12. The van der Waals surface area contributed by atoms with Crippen LogP contribution in [-0.2, 0) is 0 Å². The number of aromatic nitrogens is 5. The van der Waals surface area contributed by atoms with Crippen LogP contribution in [0, 0.1) is 6.92 Å². The van der Waals surface area contributed by atoms with Crippen molar-refractivity contribution in [2.75, 3.05) is 5.73 Å². The van der Waals surface area contributed by atoms with E-state index in [2.05, 4.69) is 15.1 Å². The number of fused-ring (bicyclic) bond motifs is 1. The van der Waals surface area contributed by atoms with Crippen LogP contribution >= 0.6 is 0 Å². The van der Waals surface area contributed by atoms with E-state index in [0.29, 0.717) is 0 Å². The van der Waals surface area contributed by atoms with E-state index >= 15 is 0 Å². The summed E-state index contributed by atoms with van der Waals surface area (Å²) in [6.45, 7) is 1.98. The molecule has 0 aliphatic carbocycles. The third-order valence-corrected chi connectivity index (χ3v) is 2.42. The van der Waals surface area contributed by atoms with Crippen LogP contribution in [0.1, 0.15) is 5.56 Å². The summed E-state index contributed by atoms with van der Waals surface area (Å²) >= 11 is 0. The van der Waals surface area contributed by atoms with Gasteiger partial charge in [0, 0.05) is 12.4 Å². The first-order valence-electron chi connectivity index (χ1n) is 4.85. The van der Waals surface area contributed by atoms with E-state index in [-0.39, 0.29) is 5.95 Å². The van der Waals surface area contributed by atoms with Crippen molar-refractivity contribution in [1.82, 2.24) is 24.1 Å². The summed E-state index contributed by atoms with van der Waals surface area (Å²) in [5.41, 5.74) is 8.35. The van der Waals surface area contributed by atoms with Crippen molar-refractivity contribution < 1.29 is 0 Å². The first-order valence-corrected chi connectivity index (χ1v) is 4.85. The molecule has 80 valence electrons. The van der Waals surface area contributed by atoms with Crippen molar-refractivity contribution in [3.63, 3.8) is 0 Å². The van der Waals surface area contributed by atoms with Gasteiger partial charge in [0.05, 0.1) is 18.2 Å². The van der Waals surface area contributed by atoms with Crippen LogP contribution in [0.2, 0.25) is 0 Å². The van der Waals surface area contributed by atoms with Crippen molar-refractivity contribution in [1.29, 1.82) is 0 Å². The number of rotatable bonds is 1. The Morgan fingerprint density at radius 2 is 2.25 bits per heavy atom. The maximum atomic E-state index is 5.57. The average molecular weight is 214 g/mol. The zero-order valence-electron chi connectivity index (χ0n) is 8.70. The lowest BCUT2D eigenvalue weighted by atomic mass is 10.3. The molecule has 3 aromatic rings. The molecule has 16 heavy (non-hydrogen) atoms. The summed E-state index contributed by atoms with van der Waals surface area (Å²) in [6, 6.07) is 2.02. The molecule has 0 saturated heterocycles. The molecule has 0 aromatic carbocycles. The van der Waals surface area contributed by atoms with Gasteiger partial charge in [-0.1, -0.05) is 0 Å². The molecule has 0 amide bonds. The maximum absolute atomic E-state index is 5.57. The quantitative estimate of drug-likeness (QED) is 0.650. The Bertz CT molecular complexity index is 637. The van der Waals surface area contributed by atoms with E-state index in [1.807, 2.05) is 30.0 Å². The molecule has 0 radical (unpaired) electrons. The smallest absolute Gasteiger partial charge is 0.240 e. The second-order valence-electron chi connectivity index (χ2n) is 3.59. The molecule has 0 fully saturated rings. The minimum atomic E-state index is 0.283. The highest BCUT2D eigenvalue weighted by Gasteiger charge is 2.06. The average Bonchev–Trinajstić information content (AvgIpc) is 2.84. The molecule has 0 bridgehead atoms. The lowest BCUT2D eigenvalue weighted by molar-refractivity contribution is 0.931. The van der Waals surface area contributed by atoms with Gasteiger partial charge >= 0.3 is 0 Å². The van der Waals surface area contributed by atoms with Crippen LogP contribution in [-0.4, -0.2) is 24.1 Å². The number of aryl methyl sites for hydroxylation is 1. The van der Waals surface area contributed by atoms with Gasteiger partial charge in [0.1, 0.15) is 0 Å². The number of nitrogen functional groups attached to an aromatic ring is 1. The second kappa shape index (κ2) is 3.06. The van der Waals surface area contributed by atoms with Crippen LogP contribution in [0.15, 0.2) is 31.0 Å². The summed E-state index contributed by atoms with van der Waals surface area (Å²) in [5.74, 6) is 0.283. The molecular weight excluding hydrogens is 204 g/mol. The molecule has 0 atom stereocenters. The second-order valence-corrected chi connectivity index (χ2v) is 3.59. The summed E-state index contributed by atoms with van der Waals surface area (Å²) in [6.07, 6.45) is 7.21. The van der Waals surface area contributed by atoms with Gasteiger partial charge in [-0.15, -0.1) is 5.10 Å². The Kier molecular flexibility index (Phi) is 1.70. The van der Waals surface area contributed by atoms with Gasteiger partial charge in [0.2, 0.25) is 5.95 Å². The standard InChI is InChI=1S/C10H10N6/c1-7-4-8(15-3-2-12-6-15)5-16-9(7)13-10(11)14-16/h2-6H,1H3,(H2,11,14). The summed E-state index contributed by atoms with van der Waals surface area (Å²) < 4.78 is 3.59. The maximum Gasteiger partial charge on any atom is 0.240 e. The first kappa shape index (κ1) is 8.90. The molecule has 2 N–H and O–H groups in total. The Balaban J connectivity index is 2.28. The number of pyridine rings is 1. The van der Waals surface area contributed by atoms with Gasteiger partial charge in [0.15, 0.2) is 5.65 Å². The van der Waals surface area contributed by atoms with Gasteiger partial charge in [-0.2, -0.15) is 4.98 Å². The van der Waals surface area contributed by atoms with E-state index in [1.165, 1.54) is 0 Å². The summed E-state index contributed by atoms with van der Waals surface area (Å²) in [4.78, 5) is 8.15. The molecule has 3 heterocycles. The minimum Gasteiger partial charge on any atom is -0.366 e. The molecule has 0 spiro atoms. The van der Waals surface area contributed by atoms with E-state index in [0.717, 1.165) is 16.9 Å². The van der Waals surface area contributed by atoms with Gasteiger partial charge in [-0.25, -0.2) is 9.50 Å². The van der Waals surface area contributed by atoms with Crippen molar-refractivity contribution in [3.8, 4) is 5.69 Å². The normalized spacial score (nSPS) is 11.1. The van der Waals surface area contributed by atoms with Gasteiger partial charge in [0.25, 0.3) is 0 Å². The third kappa shape index (κ3) is 1.23. The first-order chi connectivity index (χ1) is 7.74. The lowest BCUT2D eigenvalue weighted by Gasteiger charge is -2.04. The Morgan fingerprint density at radius 3 is 3.00 bits per heavy atom. The molecule has 0 saturated carbocycles. The van der Waals surface area contributed by atoms with Crippen LogP contribution < -0.4 is 5.73 Å². The number of hydrogen-bond donors (Lipinski definition) is 1. The number of imidazole rings is 1. The zero-order valence-corrected chi connectivity index (χ0v) is 8.70. The van der Waals surface area contributed by atoms with E-state index in [1.54, 1.807) is 17.0 Å². The molecule has 3 rings (SSSR count). The fourth-order valence-corrected chi connectivity index (χ4v) is 1.70. The number of nitrogens with two attached hydrogens (primary N) is 1. The van der Waals surface area contributed by atoms with Crippen LogP contribution in [0.25, 0.3) is 11.3 Å². The zero-order chi connectivity index (χ0) is 11.1. The highest BCUT2D eigenvalue weighted by atomic mass is 15.3. The summed E-state index contributed by atoms with van der Waals surface area (Å²) in [5, 5.41) is 4.09. The monoisotopic (exact) mass is 214 g/mol. The molecule has 3 aromatic heterocycles. The summed E-state index contributed by atoms with van der Waals surface area (Å²) in [7, 11) is 0. The Hall–Kier alpha value is -2.37. The Morgan fingerprint density at radius 1 is 1.38 bits per heavy atom. The number of nitrogens with zero attached hydrogens (tertiary/aromatic N) is 5. The Labute approximate surface area is 91.4 Å². The topological polar surface area (TPSA) is 74.0 Å².